The largest absolute Gasteiger partial charge is 0.481 e. The van der Waals surface area contributed by atoms with Crippen molar-refractivity contribution in [3.05, 3.63) is 60.8 Å². The quantitative estimate of drug-likeness (QED) is 0.376. The third kappa shape index (κ3) is 6.29. The van der Waals surface area contributed by atoms with Crippen LogP contribution in [0.1, 0.15) is 32.1 Å². The molecule has 148 valence electrons. The number of benzene rings is 1. The van der Waals surface area contributed by atoms with Crippen molar-refractivity contribution in [2.75, 3.05) is 11.4 Å². The van der Waals surface area contributed by atoms with Gasteiger partial charge in [-0.25, -0.2) is 15.9 Å². The monoisotopic (exact) mass is 382 g/mol. The first-order valence-electron chi connectivity index (χ1n) is 9.26. The molecule has 3 rings (SSSR count). The second kappa shape index (κ2) is 11.6. The van der Waals surface area contributed by atoms with Crippen molar-refractivity contribution in [3.63, 3.8) is 0 Å². The number of aromatic nitrogens is 2. The second-order valence-corrected chi connectivity index (χ2v) is 6.26. The molecule has 0 atom stereocenters. The fourth-order valence-electron chi connectivity index (χ4n) is 2.97. The second-order valence-electron chi connectivity index (χ2n) is 6.26. The molecule has 1 aromatic carbocycles. The molecule has 0 saturated carbocycles. The van der Waals surface area contributed by atoms with E-state index in [-0.39, 0.29) is 6.42 Å². The lowest BCUT2D eigenvalue weighted by Gasteiger charge is -2.23. The van der Waals surface area contributed by atoms with Crippen LogP contribution in [-0.4, -0.2) is 32.8 Å². The molecule has 0 aliphatic rings. The van der Waals surface area contributed by atoms with E-state index in [9.17, 15) is 4.79 Å². The Morgan fingerprint density at radius 2 is 1.64 bits per heavy atom. The van der Waals surface area contributed by atoms with Gasteiger partial charge in [-0.05, 0) is 43.2 Å². The van der Waals surface area contributed by atoms with Gasteiger partial charge in [-0.15, -0.1) is 0 Å². The molecule has 4 N–H and O–H groups in total. The number of unbranched alkanes of at least 4 members (excludes halogenated alkanes) is 3. The van der Waals surface area contributed by atoms with Crippen molar-refractivity contribution in [2.24, 2.45) is 5.90 Å². The number of carbonyl (C=O) groups is 1. The molecular weight excluding hydrogens is 356 g/mol. The van der Waals surface area contributed by atoms with Crippen LogP contribution in [0.3, 0.4) is 0 Å². The Morgan fingerprint density at radius 3 is 2.39 bits per heavy atom. The van der Waals surface area contributed by atoms with Crippen LogP contribution in [0.2, 0.25) is 0 Å². The molecule has 28 heavy (non-hydrogen) atoms. The summed E-state index contributed by atoms with van der Waals surface area (Å²) in [7, 11) is 0. The number of carboxylic acids is 1. The van der Waals surface area contributed by atoms with Gasteiger partial charge in [-0.1, -0.05) is 37.1 Å². The van der Waals surface area contributed by atoms with Crippen LogP contribution in [0.15, 0.2) is 60.8 Å². The number of nitrogens with two attached hydrogens (primary N) is 1. The first kappa shape index (κ1) is 21.3. The molecule has 2 heterocycles. The number of hydrogen-bond acceptors (Lipinski definition) is 6. The lowest BCUT2D eigenvalue weighted by atomic mass is 10.1. The van der Waals surface area contributed by atoms with Crippen molar-refractivity contribution in [1.82, 2.24) is 9.97 Å². The van der Waals surface area contributed by atoms with Crippen LogP contribution < -0.4 is 10.8 Å². The highest BCUT2D eigenvalue weighted by Crippen LogP contribution is 2.24. The maximum Gasteiger partial charge on any atom is 0.303 e. The number of pyridine rings is 2. The van der Waals surface area contributed by atoms with E-state index in [0.29, 0.717) is 0 Å². The topological polar surface area (TPSA) is 113 Å². The van der Waals surface area contributed by atoms with Crippen molar-refractivity contribution in [1.29, 1.82) is 0 Å². The van der Waals surface area contributed by atoms with Crippen LogP contribution in [0.5, 0.6) is 0 Å². The Kier molecular flexibility index (Phi) is 8.84. The minimum absolute atomic E-state index is 0.246. The Labute approximate surface area is 164 Å². The van der Waals surface area contributed by atoms with Crippen LogP contribution in [0.25, 0.3) is 10.9 Å². The number of carboxylic acid groups (broad SMARTS) is 1. The van der Waals surface area contributed by atoms with Gasteiger partial charge in [0.2, 0.25) is 0 Å². The van der Waals surface area contributed by atoms with E-state index >= 15 is 0 Å². The van der Waals surface area contributed by atoms with Gasteiger partial charge in [0.05, 0.1) is 5.52 Å². The number of aliphatic carboxylic acids is 1. The Bertz CT molecular complexity index is 858. The number of hydrogen-bond donors (Lipinski definition) is 3. The summed E-state index contributed by atoms with van der Waals surface area (Å²) in [5.41, 5.74) is 0.965. The summed E-state index contributed by atoms with van der Waals surface area (Å²) >= 11 is 0. The van der Waals surface area contributed by atoms with Crippen LogP contribution in [0.4, 0.5) is 11.6 Å². The molecule has 0 unspecified atom stereocenters. The van der Waals surface area contributed by atoms with Gasteiger partial charge in [0.15, 0.2) is 0 Å². The van der Waals surface area contributed by atoms with E-state index < -0.39 is 5.97 Å². The molecule has 2 aromatic heterocycles. The average molecular weight is 382 g/mol. The SMILES string of the molecule is NO.O=C(O)CCCCCCN(c1ccccn1)c1ccc2ccccc2n1. The zero-order valence-electron chi connectivity index (χ0n) is 15.7. The first-order valence-corrected chi connectivity index (χ1v) is 9.26. The van der Waals surface area contributed by atoms with E-state index in [4.69, 9.17) is 15.3 Å². The van der Waals surface area contributed by atoms with Crippen molar-refractivity contribution >= 4 is 28.5 Å². The number of anilines is 2. The molecule has 0 aliphatic carbocycles. The van der Waals surface area contributed by atoms with Crippen molar-refractivity contribution in [2.45, 2.75) is 32.1 Å². The van der Waals surface area contributed by atoms with Crippen molar-refractivity contribution in [3.8, 4) is 0 Å². The first-order chi connectivity index (χ1) is 13.7. The number of para-hydroxylation sites is 1. The van der Waals surface area contributed by atoms with Gasteiger partial charge in [-0.3, -0.25) is 4.79 Å². The Morgan fingerprint density at radius 1 is 0.893 bits per heavy atom. The molecule has 0 saturated heterocycles. The third-order valence-corrected chi connectivity index (χ3v) is 4.31. The maximum absolute atomic E-state index is 10.6. The fourth-order valence-corrected chi connectivity index (χ4v) is 2.97. The fraction of sp³-hybridized carbons (Fsp3) is 0.286. The van der Waals surface area contributed by atoms with Crippen LogP contribution in [0, 0.1) is 0 Å². The average Bonchev–Trinajstić information content (AvgIpc) is 2.75. The van der Waals surface area contributed by atoms with Gasteiger partial charge in [-0.2, -0.15) is 0 Å². The number of fused-ring (bicyclic) bond motifs is 1. The summed E-state index contributed by atoms with van der Waals surface area (Å²) in [4.78, 5) is 22.0. The number of rotatable bonds is 9. The van der Waals surface area contributed by atoms with Gasteiger partial charge in [0.1, 0.15) is 11.6 Å². The Hall–Kier alpha value is -3.03. The summed E-state index contributed by atoms with van der Waals surface area (Å²) in [6.07, 6.45) is 5.64. The molecule has 0 amide bonds. The maximum atomic E-state index is 10.6. The molecule has 0 spiro atoms. The van der Waals surface area contributed by atoms with E-state index in [2.05, 4.69) is 27.9 Å². The molecule has 0 radical (unpaired) electrons. The standard InChI is InChI=1S/C21H23N3O2.H3NO/c25-21(26)12-3-1-2-8-16-24(19-11-6-7-15-22-19)20-14-13-17-9-4-5-10-18(17)23-20;1-2/h4-7,9-11,13-15H,1-3,8,12,16H2,(H,25,26);2H,1H2. The Balaban J connectivity index is 0.00000136. The summed E-state index contributed by atoms with van der Waals surface area (Å²) < 4.78 is 0. The molecule has 0 aliphatic heterocycles. The molecule has 0 fully saturated rings. The van der Waals surface area contributed by atoms with E-state index in [0.717, 1.165) is 54.8 Å². The summed E-state index contributed by atoms with van der Waals surface area (Å²) in [5.74, 6) is 4.54. The van der Waals surface area contributed by atoms with E-state index in [1.165, 1.54) is 0 Å². The van der Waals surface area contributed by atoms with E-state index in [1.807, 2.05) is 42.5 Å². The minimum Gasteiger partial charge on any atom is -0.481 e. The molecule has 0 bridgehead atoms. The highest BCUT2D eigenvalue weighted by Gasteiger charge is 2.12. The minimum atomic E-state index is -0.722. The predicted molar refractivity (Wildman–Crippen MR) is 110 cm³/mol. The highest BCUT2D eigenvalue weighted by molar-refractivity contribution is 5.80. The van der Waals surface area contributed by atoms with Crippen molar-refractivity contribution < 1.29 is 15.1 Å². The predicted octanol–water partition coefficient (Wildman–Crippen LogP) is 4.14. The van der Waals surface area contributed by atoms with Gasteiger partial charge >= 0.3 is 5.97 Å². The smallest absolute Gasteiger partial charge is 0.303 e. The summed E-state index contributed by atoms with van der Waals surface area (Å²) in [6.45, 7) is 0.801. The van der Waals surface area contributed by atoms with E-state index in [1.54, 1.807) is 6.20 Å². The van der Waals surface area contributed by atoms with Gasteiger partial charge < -0.3 is 15.2 Å². The van der Waals surface area contributed by atoms with Gasteiger partial charge in [0, 0.05) is 24.5 Å². The summed E-state index contributed by atoms with van der Waals surface area (Å²) in [5, 5.41) is 16.3. The summed E-state index contributed by atoms with van der Waals surface area (Å²) in [6, 6.07) is 18.1. The van der Waals surface area contributed by atoms with Gasteiger partial charge in [0.25, 0.3) is 0 Å². The highest BCUT2D eigenvalue weighted by atomic mass is 16.4. The number of nitrogens with zero attached hydrogens (tertiary/aromatic N) is 3. The zero-order chi connectivity index (χ0) is 20.2. The van der Waals surface area contributed by atoms with Crippen LogP contribution >= 0.6 is 0 Å². The molecule has 7 nitrogen and oxygen atoms in total. The molecular formula is C21H26N4O3. The van der Waals surface area contributed by atoms with Crippen LogP contribution in [-0.2, 0) is 4.79 Å². The third-order valence-electron chi connectivity index (χ3n) is 4.31. The molecule has 3 aromatic rings. The lowest BCUT2D eigenvalue weighted by molar-refractivity contribution is -0.137. The normalized spacial score (nSPS) is 10.2. The molecule has 7 heteroatoms. The zero-order valence-corrected chi connectivity index (χ0v) is 15.7. The lowest BCUT2D eigenvalue weighted by Crippen LogP contribution is -2.20.